The molecule has 2 nitrogen and oxygen atoms in total. The van der Waals surface area contributed by atoms with Crippen molar-refractivity contribution in [1.82, 2.24) is 4.90 Å². The van der Waals surface area contributed by atoms with Gasteiger partial charge in [-0.3, -0.25) is 4.79 Å². The molecule has 1 aromatic carbocycles. The maximum absolute atomic E-state index is 12.6. The first-order valence-corrected chi connectivity index (χ1v) is 8.02. The van der Waals surface area contributed by atoms with Crippen molar-refractivity contribution in [1.29, 1.82) is 0 Å². The van der Waals surface area contributed by atoms with Crippen LogP contribution in [0, 0.1) is 0 Å². The largest absolute Gasteiger partial charge is 0.333 e. The first-order chi connectivity index (χ1) is 9.25. The van der Waals surface area contributed by atoms with E-state index < -0.39 is 0 Å². The smallest absolute Gasteiger partial charge is 0.254 e. The number of hydrogen-bond acceptors (Lipinski definition) is 2. The monoisotopic (exact) mass is 335 g/mol. The highest BCUT2D eigenvalue weighted by molar-refractivity contribution is 9.10. The summed E-state index contributed by atoms with van der Waals surface area (Å²) in [7, 11) is 0. The first-order valence-electron chi connectivity index (χ1n) is 6.35. The molecule has 0 bridgehead atoms. The molecule has 0 atom stereocenters. The lowest BCUT2D eigenvalue weighted by Crippen LogP contribution is -2.30. The summed E-state index contributed by atoms with van der Waals surface area (Å²) in [5.74, 6) is 0.161. The number of halogens is 1. The Morgan fingerprint density at radius 2 is 2.11 bits per heavy atom. The van der Waals surface area contributed by atoms with Gasteiger partial charge in [-0.1, -0.05) is 18.2 Å². The molecule has 19 heavy (non-hydrogen) atoms. The molecule has 0 unspecified atom stereocenters. The number of fused-ring (bicyclic) bond motifs is 1. The molecule has 0 N–H and O–H groups in total. The average molecular weight is 336 g/mol. The predicted molar refractivity (Wildman–Crippen MR) is 81.5 cm³/mol. The van der Waals surface area contributed by atoms with Crippen molar-refractivity contribution in [2.45, 2.75) is 19.4 Å². The normalized spacial score (nSPS) is 15.2. The molecule has 0 aliphatic carbocycles. The van der Waals surface area contributed by atoms with Crippen LogP contribution in [0.1, 0.15) is 27.2 Å². The van der Waals surface area contributed by atoms with Crippen molar-refractivity contribution in [2.75, 3.05) is 6.54 Å². The molecule has 2 aromatic rings. The van der Waals surface area contributed by atoms with Crippen molar-refractivity contribution < 1.29 is 4.79 Å². The van der Waals surface area contributed by atoms with E-state index in [-0.39, 0.29) is 5.91 Å². The molecular formula is C15H14BrNOS. The SMILES string of the molecule is O=C1c2ccccc2CCCN1Cc1sccc1Br. The highest BCUT2D eigenvalue weighted by Gasteiger charge is 2.22. The second-order valence-electron chi connectivity index (χ2n) is 4.68. The molecule has 0 fully saturated rings. The van der Waals surface area contributed by atoms with Crippen LogP contribution >= 0.6 is 27.3 Å². The number of amides is 1. The Morgan fingerprint density at radius 3 is 2.89 bits per heavy atom. The average Bonchev–Trinajstić information content (AvgIpc) is 2.75. The van der Waals surface area contributed by atoms with Gasteiger partial charge in [0.1, 0.15) is 0 Å². The minimum absolute atomic E-state index is 0.161. The minimum atomic E-state index is 0.161. The second kappa shape index (κ2) is 5.47. The van der Waals surface area contributed by atoms with Crippen LogP contribution < -0.4 is 0 Å². The van der Waals surface area contributed by atoms with Crippen LogP contribution in [-0.4, -0.2) is 17.4 Å². The van der Waals surface area contributed by atoms with Crippen molar-refractivity contribution >= 4 is 33.2 Å². The van der Waals surface area contributed by atoms with E-state index >= 15 is 0 Å². The summed E-state index contributed by atoms with van der Waals surface area (Å²) in [6.45, 7) is 1.53. The number of nitrogens with zero attached hydrogens (tertiary/aromatic N) is 1. The Balaban J connectivity index is 1.88. The quantitative estimate of drug-likeness (QED) is 0.809. The molecular weight excluding hydrogens is 322 g/mol. The van der Waals surface area contributed by atoms with Gasteiger partial charge in [0.2, 0.25) is 0 Å². The van der Waals surface area contributed by atoms with E-state index in [0.717, 1.165) is 29.4 Å². The molecule has 0 saturated carbocycles. The molecule has 1 amide bonds. The number of carbonyl (C=O) groups is 1. The predicted octanol–water partition coefficient (Wildman–Crippen LogP) is 4.10. The summed E-state index contributed by atoms with van der Waals surface area (Å²) in [5, 5.41) is 2.05. The zero-order valence-corrected chi connectivity index (χ0v) is 12.8. The number of rotatable bonds is 2. The van der Waals surface area contributed by atoms with Crippen molar-refractivity contribution in [3.05, 3.63) is 56.2 Å². The molecule has 3 rings (SSSR count). The van der Waals surface area contributed by atoms with Crippen LogP contribution in [0.2, 0.25) is 0 Å². The van der Waals surface area contributed by atoms with Crippen molar-refractivity contribution in [3.63, 3.8) is 0 Å². The number of carbonyl (C=O) groups excluding carboxylic acids is 1. The van der Waals surface area contributed by atoms with Gasteiger partial charge < -0.3 is 4.90 Å². The minimum Gasteiger partial charge on any atom is -0.333 e. The number of aryl methyl sites for hydroxylation is 1. The Kier molecular flexibility index (Phi) is 3.71. The van der Waals surface area contributed by atoms with E-state index in [9.17, 15) is 4.79 Å². The first kappa shape index (κ1) is 12.9. The van der Waals surface area contributed by atoms with Gasteiger partial charge in [0.05, 0.1) is 6.54 Å². The zero-order valence-electron chi connectivity index (χ0n) is 10.4. The molecule has 1 aliphatic heterocycles. The summed E-state index contributed by atoms with van der Waals surface area (Å²) < 4.78 is 1.10. The molecule has 2 heterocycles. The summed E-state index contributed by atoms with van der Waals surface area (Å²) in [6, 6.07) is 10.0. The Morgan fingerprint density at radius 1 is 1.26 bits per heavy atom. The van der Waals surface area contributed by atoms with Crippen LogP contribution in [0.15, 0.2) is 40.2 Å². The fourth-order valence-corrected chi connectivity index (χ4v) is 3.93. The lowest BCUT2D eigenvalue weighted by molar-refractivity contribution is 0.0750. The van der Waals surface area contributed by atoms with E-state index in [2.05, 4.69) is 27.4 Å². The van der Waals surface area contributed by atoms with Crippen LogP contribution in [0.3, 0.4) is 0 Å². The highest BCUT2D eigenvalue weighted by atomic mass is 79.9. The Labute approximate surface area is 125 Å². The number of thiophene rings is 1. The standard InChI is InChI=1S/C15H14BrNOS/c16-13-7-9-19-14(13)10-17-8-3-5-11-4-1-2-6-12(11)15(17)18/h1-2,4,6-7,9H,3,5,8,10H2. The van der Waals surface area contributed by atoms with E-state index in [4.69, 9.17) is 0 Å². The van der Waals surface area contributed by atoms with E-state index in [0.29, 0.717) is 6.54 Å². The van der Waals surface area contributed by atoms with Gasteiger partial charge in [0.25, 0.3) is 5.91 Å². The van der Waals surface area contributed by atoms with Crippen LogP contribution in [0.5, 0.6) is 0 Å². The maximum atomic E-state index is 12.6. The van der Waals surface area contributed by atoms with Crippen molar-refractivity contribution in [3.8, 4) is 0 Å². The summed E-state index contributed by atoms with van der Waals surface area (Å²) in [5.41, 5.74) is 2.05. The zero-order chi connectivity index (χ0) is 13.2. The van der Waals surface area contributed by atoms with Gasteiger partial charge in [0, 0.05) is 21.5 Å². The van der Waals surface area contributed by atoms with Gasteiger partial charge in [-0.25, -0.2) is 0 Å². The molecule has 1 aromatic heterocycles. The third kappa shape index (κ3) is 2.60. The summed E-state index contributed by atoms with van der Waals surface area (Å²) >= 11 is 5.23. The molecule has 4 heteroatoms. The van der Waals surface area contributed by atoms with Crippen molar-refractivity contribution in [2.24, 2.45) is 0 Å². The fraction of sp³-hybridized carbons (Fsp3) is 0.267. The third-order valence-corrected chi connectivity index (χ3v) is 5.35. The lowest BCUT2D eigenvalue weighted by Gasteiger charge is -2.20. The van der Waals surface area contributed by atoms with Gasteiger partial charge in [-0.05, 0) is 51.8 Å². The summed E-state index contributed by atoms with van der Waals surface area (Å²) in [4.78, 5) is 15.8. The highest BCUT2D eigenvalue weighted by Crippen LogP contribution is 2.26. The molecule has 0 saturated heterocycles. The van der Waals surface area contributed by atoms with Gasteiger partial charge in [0.15, 0.2) is 0 Å². The van der Waals surface area contributed by atoms with Crippen LogP contribution in [-0.2, 0) is 13.0 Å². The molecule has 0 radical (unpaired) electrons. The second-order valence-corrected chi connectivity index (χ2v) is 6.53. The van der Waals surface area contributed by atoms with Gasteiger partial charge in [-0.2, -0.15) is 0 Å². The summed E-state index contributed by atoms with van der Waals surface area (Å²) in [6.07, 6.45) is 2.02. The molecule has 1 aliphatic rings. The maximum Gasteiger partial charge on any atom is 0.254 e. The molecule has 0 spiro atoms. The third-order valence-electron chi connectivity index (χ3n) is 3.43. The van der Waals surface area contributed by atoms with Crippen LogP contribution in [0.25, 0.3) is 0 Å². The fourth-order valence-electron chi connectivity index (χ4n) is 2.44. The van der Waals surface area contributed by atoms with Gasteiger partial charge in [-0.15, -0.1) is 11.3 Å². The molecule has 98 valence electrons. The van der Waals surface area contributed by atoms with Crippen LogP contribution in [0.4, 0.5) is 0 Å². The topological polar surface area (TPSA) is 20.3 Å². The van der Waals surface area contributed by atoms with E-state index in [1.807, 2.05) is 29.2 Å². The van der Waals surface area contributed by atoms with Gasteiger partial charge >= 0.3 is 0 Å². The van der Waals surface area contributed by atoms with E-state index in [1.54, 1.807) is 11.3 Å². The number of hydrogen-bond donors (Lipinski definition) is 0. The lowest BCUT2D eigenvalue weighted by atomic mass is 10.0. The Hall–Kier alpha value is -1.13. The number of benzene rings is 1. The Bertz CT molecular complexity index is 608. The van der Waals surface area contributed by atoms with E-state index in [1.165, 1.54) is 10.4 Å².